The normalized spacial score (nSPS) is 21.5. The molecule has 2 rings (SSSR count). The van der Waals surface area contributed by atoms with Gasteiger partial charge in [-0.15, -0.1) is 0 Å². The van der Waals surface area contributed by atoms with Crippen molar-refractivity contribution in [3.63, 3.8) is 0 Å². The number of hydrogen-bond donors (Lipinski definition) is 1. The van der Waals surface area contributed by atoms with Crippen molar-refractivity contribution in [1.82, 2.24) is 0 Å². The average Bonchev–Trinajstić information content (AvgIpc) is 2.84. The zero-order valence-corrected chi connectivity index (χ0v) is 11.7. The predicted molar refractivity (Wildman–Crippen MR) is 74.9 cm³/mol. The lowest BCUT2D eigenvalue weighted by molar-refractivity contribution is -0.384. The van der Waals surface area contributed by atoms with E-state index in [9.17, 15) is 24.4 Å². The van der Waals surface area contributed by atoms with Gasteiger partial charge in [0.2, 0.25) is 0 Å². The molecule has 1 aliphatic heterocycles. The Hall–Kier alpha value is -2.18. The van der Waals surface area contributed by atoms with E-state index in [4.69, 9.17) is 0 Å². The number of rotatable bonds is 5. The summed E-state index contributed by atoms with van der Waals surface area (Å²) >= 11 is 0. The van der Waals surface area contributed by atoms with Crippen molar-refractivity contribution in [2.75, 3.05) is 18.0 Å². The molecule has 1 saturated heterocycles. The number of hydrogen-bond acceptors (Lipinski definition) is 4. The monoisotopic (exact) mass is 296 g/mol. The lowest BCUT2D eigenvalue weighted by atomic mass is 9.83. The summed E-state index contributed by atoms with van der Waals surface area (Å²) in [5, 5.41) is 20.5. The summed E-state index contributed by atoms with van der Waals surface area (Å²) in [6, 6.07) is 3.37. The number of nitro benzene ring substituents is 1. The molecule has 0 saturated carbocycles. The third-order valence-corrected chi connectivity index (χ3v) is 4.01. The summed E-state index contributed by atoms with van der Waals surface area (Å²) in [6.45, 7) is 2.54. The second kappa shape index (κ2) is 5.67. The van der Waals surface area contributed by atoms with Crippen LogP contribution in [-0.2, 0) is 4.79 Å². The maximum absolute atomic E-state index is 13.2. The molecule has 0 aliphatic carbocycles. The van der Waals surface area contributed by atoms with E-state index in [1.165, 1.54) is 6.07 Å². The van der Waals surface area contributed by atoms with Gasteiger partial charge in [0.05, 0.1) is 16.4 Å². The Morgan fingerprint density at radius 1 is 1.57 bits per heavy atom. The number of halogens is 1. The van der Waals surface area contributed by atoms with Crippen LogP contribution >= 0.6 is 0 Å². The summed E-state index contributed by atoms with van der Waals surface area (Å²) in [5.41, 5.74) is -0.926. The molecular formula is C14H17FN2O4. The second-order valence-electron chi connectivity index (χ2n) is 5.40. The van der Waals surface area contributed by atoms with Crippen molar-refractivity contribution in [2.45, 2.75) is 26.2 Å². The summed E-state index contributed by atoms with van der Waals surface area (Å²) in [4.78, 5) is 23.6. The van der Waals surface area contributed by atoms with Crippen molar-refractivity contribution in [3.05, 3.63) is 34.1 Å². The molecule has 1 aliphatic rings. The molecule has 0 spiro atoms. The fourth-order valence-corrected chi connectivity index (χ4v) is 2.95. The number of nitro groups is 1. The van der Waals surface area contributed by atoms with Crippen LogP contribution < -0.4 is 4.90 Å². The number of carbonyl (C=O) groups is 1. The van der Waals surface area contributed by atoms with Crippen LogP contribution in [0.15, 0.2) is 18.2 Å². The fraction of sp³-hybridized carbons (Fsp3) is 0.500. The highest BCUT2D eigenvalue weighted by Crippen LogP contribution is 2.40. The van der Waals surface area contributed by atoms with E-state index < -0.39 is 22.1 Å². The number of benzene rings is 1. The smallest absolute Gasteiger partial charge is 0.311 e. The summed E-state index contributed by atoms with van der Waals surface area (Å²) in [5.74, 6) is -1.56. The quantitative estimate of drug-likeness (QED) is 0.667. The van der Waals surface area contributed by atoms with E-state index in [1.54, 1.807) is 4.90 Å². The fourth-order valence-electron chi connectivity index (χ4n) is 2.95. The highest BCUT2D eigenvalue weighted by Gasteiger charge is 2.45. The first-order valence-corrected chi connectivity index (χ1v) is 6.82. The molecule has 1 N–H and O–H groups in total. The van der Waals surface area contributed by atoms with E-state index in [0.717, 1.165) is 18.6 Å². The van der Waals surface area contributed by atoms with Crippen LogP contribution in [0.25, 0.3) is 0 Å². The van der Waals surface area contributed by atoms with Crippen molar-refractivity contribution in [2.24, 2.45) is 5.41 Å². The van der Waals surface area contributed by atoms with Crippen LogP contribution in [0, 0.1) is 21.3 Å². The average molecular weight is 296 g/mol. The van der Waals surface area contributed by atoms with Gasteiger partial charge >= 0.3 is 5.97 Å². The van der Waals surface area contributed by atoms with Crippen LogP contribution in [0.5, 0.6) is 0 Å². The molecule has 1 aromatic rings. The number of carboxylic acids is 1. The minimum absolute atomic E-state index is 0.211. The molecule has 1 unspecified atom stereocenters. The molecule has 1 atom stereocenters. The topological polar surface area (TPSA) is 83.7 Å². The standard InChI is InChI=1S/C14H17FN2O4/c1-2-5-14(13(18)19)6-7-16(9-14)11-4-3-10(15)8-12(11)17(20)21/h3-4,8H,2,5-7,9H2,1H3,(H,18,19). The molecule has 0 radical (unpaired) electrons. The van der Waals surface area contributed by atoms with Gasteiger partial charge in [-0.2, -0.15) is 0 Å². The third kappa shape index (κ3) is 2.81. The van der Waals surface area contributed by atoms with E-state index in [2.05, 4.69) is 0 Å². The summed E-state index contributed by atoms with van der Waals surface area (Å²) in [7, 11) is 0. The summed E-state index contributed by atoms with van der Waals surface area (Å²) < 4.78 is 13.2. The molecular weight excluding hydrogens is 279 g/mol. The summed E-state index contributed by atoms with van der Waals surface area (Å²) in [6.07, 6.45) is 1.68. The largest absolute Gasteiger partial charge is 0.481 e. The number of nitrogens with zero attached hydrogens (tertiary/aromatic N) is 2. The van der Waals surface area contributed by atoms with Gasteiger partial charge in [0.1, 0.15) is 11.5 Å². The van der Waals surface area contributed by atoms with Gasteiger partial charge in [-0.05, 0) is 25.0 Å². The van der Waals surface area contributed by atoms with E-state index >= 15 is 0 Å². The molecule has 21 heavy (non-hydrogen) atoms. The third-order valence-electron chi connectivity index (χ3n) is 4.01. The van der Waals surface area contributed by atoms with Crippen LogP contribution in [0.4, 0.5) is 15.8 Å². The molecule has 1 fully saturated rings. The molecule has 6 nitrogen and oxygen atoms in total. The van der Waals surface area contributed by atoms with Crippen molar-refractivity contribution in [3.8, 4) is 0 Å². The van der Waals surface area contributed by atoms with Gasteiger partial charge in [0.15, 0.2) is 0 Å². The maximum atomic E-state index is 13.2. The Bertz CT molecular complexity index is 578. The zero-order chi connectivity index (χ0) is 15.6. The maximum Gasteiger partial charge on any atom is 0.311 e. The highest BCUT2D eigenvalue weighted by molar-refractivity contribution is 5.77. The van der Waals surface area contributed by atoms with Crippen LogP contribution in [-0.4, -0.2) is 29.1 Å². The first-order valence-electron chi connectivity index (χ1n) is 6.82. The van der Waals surface area contributed by atoms with Crippen LogP contribution in [0.2, 0.25) is 0 Å². The van der Waals surface area contributed by atoms with Gasteiger partial charge in [0.25, 0.3) is 5.69 Å². The molecule has 7 heteroatoms. The zero-order valence-electron chi connectivity index (χ0n) is 11.7. The van der Waals surface area contributed by atoms with Crippen LogP contribution in [0.3, 0.4) is 0 Å². The van der Waals surface area contributed by atoms with Crippen LogP contribution in [0.1, 0.15) is 26.2 Å². The number of aliphatic carboxylic acids is 1. The minimum atomic E-state index is -0.878. The Kier molecular flexibility index (Phi) is 4.11. The Morgan fingerprint density at radius 3 is 2.86 bits per heavy atom. The molecule has 1 aromatic carbocycles. The SMILES string of the molecule is CCCC1(C(=O)O)CCN(c2ccc(F)cc2[N+](=O)[O-])C1. The van der Waals surface area contributed by atoms with E-state index in [1.807, 2.05) is 6.92 Å². The lowest BCUT2D eigenvalue weighted by Crippen LogP contribution is -2.34. The van der Waals surface area contributed by atoms with Gasteiger partial charge < -0.3 is 10.0 Å². The number of anilines is 1. The van der Waals surface area contributed by atoms with Gasteiger partial charge in [-0.3, -0.25) is 14.9 Å². The lowest BCUT2D eigenvalue weighted by Gasteiger charge is -2.25. The first-order chi connectivity index (χ1) is 9.89. The van der Waals surface area contributed by atoms with Gasteiger partial charge in [-0.1, -0.05) is 13.3 Å². The Labute approximate surface area is 121 Å². The molecule has 0 bridgehead atoms. The molecule has 0 amide bonds. The minimum Gasteiger partial charge on any atom is -0.481 e. The predicted octanol–water partition coefficient (Wildman–Crippen LogP) is 2.82. The van der Waals surface area contributed by atoms with E-state index in [0.29, 0.717) is 19.4 Å². The molecule has 114 valence electrons. The number of carboxylic acid groups (broad SMARTS) is 1. The molecule has 1 heterocycles. The van der Waals surface area contributed by atoms with E-state index in [-0.39, 0.29) is 17.9 Å². The van der Waals surface area contributed by atoms with Crippen molar-refractivity contribution < 1.29 is 19.2 Å². The first kappa shape index (κ1) is 15.2. The van der Waals surface area contributed by atoms with Gasteiger partial charge in [0, 0.05) is 13.1 Å². The second-order valence-corrected chi connectivity index (χ2v) is 5.40. The molecule has 0 aromatic heterocycles. The Balaban J connectivity index is 2.33. The Morgan fingerprint density at radius 2 is 2.29 bits per heavy atom. The highest BCUT2D eigenvalue weighted by atomic mass is 19.1. The van der Waals surface area contributed by atoms with Crippen molar-refractivity contribution in [1.29, 1.82) is 0 Å². The van der Waals surface area contributed by atoms with Crippen molar-refractivity contribution >= 4 is 17.3 Å². The van der Waals surface area contributed by atoms with Gasteiger partial charge in [-0.25, -0.2) is 4.39 Å².